The standard InChI is InChI=1S/C13H18BrN/c1-10(2)15-9-11(3)8-12-4-6-13(14)7-5-12/h4-8,10,15H,9H2,1-3H3. The summed E-state index contributed by atoms with van der Waals surface area (Å²) in [4.78, 5) is 0. The summed E-state index contributed by atoms with van der Waals surface area (Å²) in [5, 5.41) is 3.40. The van der Waals surface area contributed by atoms with E-state index in [1.807, 2.05) is 0 Å². The van der Waals surface area contributed by atoms with Crippen LogP contribution in [0, 0.1) is 0 Å². The van der Waals surface area contributed by atoms with Crippen LogP contribution in [0.25, 0.3) is 6.08 Å². The fourth-order valence-corrected chi connectivity index (χ4v) is 1.52. The molecule has 0 fully saturated rings. The Hall–Kier alpha value is -0.600. The molecule has 1 aromatic rings. The molecular weight excluding hydrogens is 250 g/mol. The average molecular weight is 268 g/mol. The summed E-state index contributed by atoms with van der Waals surface area (Å²) in [5.74, 6) is 0. The van der Waals surface area contributed by atoms with Gasteiger partial charge in [-0.25, -0.2) is 0 Å². The van der Waals surface area contributed by atoms with Crippen LogP contribution in [0.4, 0.5) is 0 Å². The lowest BCUT2D eigenvalue weighted by Gasteiger charge is -2.08. The molecule has 15 heavy (non-hydrogen) atoms. The van der Waals surface area contributed by atoms with Gasteiger partial charge in [0.05, 0.1) is 0 Å². The normalized spacial score (nSPS) is 12.2. The summed E-state index contributed by atoms with van der Waals surface area (Å²) < 4.78 is 1.12. The van der Waals surface area contributed by atoms with Crippen LogP contribution in [0.15, 0.2) is 34.3 Å². The van der Waals surface area contributed by atoms with Gasteiger partial charge in [-0.05, 0) is 24.6 Å². The maximum atomic E-state index is 3.43. The Morgan fingerprint density at radius 3 is 2.47 bits per heavy atom. The highest BCUT2D eigenvalue weighted by Crippen LogP contribution is 2.12. The summed E-state index contributed by atoms with van der Waals surface area (Å²) in [6.07, 6.45) is 2.21. The minimum atomic E-state index is 0.540. The van der Waals surface area contributed by atoms with Gasteiger partial charge in [0, 0.05) is 17.1 Å². The Kier molecular flexibility index (Phi) is 5.06. The number of rotatable bonds is 4. The fraction of sp³-hybridized carbons (Fsp3) is 0.385. The third-order valence-corrected chi connectivity index (χ3v) is 2.60. The van der Waals surface area contributed by atoms with Crippen LogP contribution in [0.3, 0.4) is 0 Å². The zero-order chi connectivity index (χ0) is 11.3. The molecule has 1 nitrogen and oxygen atoms in total. The Balaban J connectivity index is 2.58. The number of halogens is 1. The molecule has 0 aliphatic heterocycles. The first-order chi connectivity index (χ1) is 7.08. The summed E-state index contributed by atoms with van der Waals surface area (Å²) in [5.41, 5.74) is 2.60. The van der Waals surface area contributed by atoms with Crippen molar-refractivity contribution in [3.8, 4) is 0 Å². The van der Waals surface area contributed by atoms with Crippen LogP contribution in [-0.2, 0) is 0 Å². The number of hydrogen-bond acceptors (Lipinski definition) is 1. The van der Waals surface area contributed by atoms with Gasteiger partial charge in [0.2, 0.25) is 0 Å². The molecule has 0 bridgehead atoms. The highest BCUT2D eigenvalue weighted by Gasteiger charge is 1.94. The molecule has 1 rings (SSSR count). The first kappa shape index (κ1) is 12.5. The molecule has 82 valence electrons. The Morgan fingerprint density at radius 1 is 1.33 bits per heavy atom. The molecule has 0 saturated carbocycles. The van der Waals surface area contributed by atoms with E-state index < -0.39 is 0 Å². The minimum absolute atomic E-state index is 0.540. The van der Waals surface area contributed by atoms with Crippen molar-refractivity contribution in [2.45, 2.75) is 26.8 Å². The van der Waals surface area contributed by atoms with E-state index in [0.29, 0.717) is 6.04 Å². The van der Waals surface area contributed by atoms with Crippen LogP contribution in [0.1, 0.15) is 26.3 Å². The predicted molar refractivity (Wildman–Crippen MR) is 70.9 cm³/mol. The molecule has 0 aromatic heterocycles. The minimum Gasteiger partial charge on any atom is -0.311 e. The van der Waals surface area contributed by atoms with Gasteiger partial charge in [-0.15, -0.1) is 0 Å². The highest BCUT2D eigenvalue weighted by atomic mass is 79.9. The van der Waals surface area contributed by atoms with Crippen LogP contribution < -0.4 is 5.32 Å². The van der Waals surface area contributed by atoms with Gasteiger partial charge in [-0.2, -0.15) is 0 Å². The van der Waals surface area contributed by atoms with Gasteiger partial charge in [0.15, 0.2) is 0 Å². The van der Waals surface area contributed by atoms with Gasteiger partial charge in [-0.1, -0.05) is 53.6 Å². The highest BCUT2D eigenvalue weighted by molar-refractivity contribution is 9.10. The van der Waals surface area contributed by atoms with Gasteiger partial charge in [0.1, 0.15) is 0 Å². The summed E-state index contributed by atoms with van der Waals surface area (Å²) in [6, 6.07) is 8.90. The second-order valence-electron chi connectivity index (χ2n) is 4.08. The Morgan fingerprint density at radius 2 is 1.93 bits per heavy atom. The van der Waals surface area contributed by atoms with E-state index >= 15 is 0 Å². The van der Waals surface area contributed by atoms with Crippen LogP contribution in [-0.4, -0.2) is 12.6 Å². The smallest absolute Gasteiger partial charge is 0.0175 e. The van der Waals surface area contributed by atoms with E-state index in [0.717, 1.165) is 11.0 Å². The summed E-state index contributed by atoms with van der Waals surface area (Å²) in [6.45, 7) is 7.42. The van der Waals surface area contributed by atoms with Crippen molar-refractivity contribution in [2.75, 3.05) is 6.54 Å². The largest absolute Gasteiger partial charge is 0.311 e. The van der Waals surface area contributed by atoms with Gasteiger partial charge in [0.25, 0.3) is 0 Å². The second-order valence-corrected chi connectivity index (χ2v) is 4.99. The molecule has 1 aromatic carbocycles. The zero-order valence-electron chi connectivity index (χ0n) is 9.55. The van der Waals surface area contributed by atoms with Gasteiger partial charge >= 0.3 is 0 Å². The molecule has 0 amide bonds. The Labute approximate surface area is 101 Å². The lowest BCUT2D eigenvalue weighted by Crippen LogP contribution is -2.24. The monoisotopic (exact) mass is 267 g/mol. The SMILES string of the molecule is CC(=Cc1ccc(Br)cc1)CNC(C)C. The third kappa shape index (κ3) is 5.14. The van der Waals surface area contributed by atoms with Crippen LogP contribution in [0.2, 0.25) is 0 Å². The predicted octanol–water partition coefficient (Wildman–Crippen LogP) is 3.85. The number of benzene rings is 1. The zero-order valence-corrected chi connectivity index (χ0v) is 11.1. The van der Waals surface area contributed by atoms with Gasteiger partial charge in [-0.3, -0.25) is 0 Å². The average Bonchev–Trinajstić information content (AvgIpc) is 2.19. The lowest BCUT2D eigenvalue weighted by molar-refractivity contribution is 0.623. The fourth-order valence-electron chi connectivity index (χ4n) is 1.26. The van der Waals surface area contributed by atoms with E-state index in [4.69, 9.17) is 0 Å². The molecule has 0 saturated heterocycles. The molecule has 0 aliphatic rings. The van der Waals surface area contributed by atoms with E-state index in [1.54, 1.807) is 0 Å². The lowest BCUT2D eigenvalue weighted by atomic mass is 10.1. The van der Waals surface area contributed by atoms with E-state index in [1.165, 1.54) is 11.1 Å². The van der Waals surface area contributed by atoms with Gasteiger partial charge < -0.3 is 5.32 Å². The van der Waals surface area contributed by atoms with E-state index in [9.17, 15) is 0 Å². The van der Waals surface area contributed by atoms with E-state index in [-0.39, 0.29) is 0 Å². The van der Waals surface area contributed by atoms with Crippen molar-refractivity contribution in [1.29, 1.82) is 0 Å². The molecule has 0 heterocycles. The van der Waals surface area contributed by atoms with Crippen molar-refractivity contribution >= 4 is 22.0 Å². The molecule has 1 N–H and O–H groups in total. The number of nitrogens with one attached hydrogen (secondary N) is 1. The van der Waals surface area contributed by atoms with Crippen LogP contribution in [0.5, 0.6) is 0 Å². The molecular formula is C13H18BrN. The second kappa shape index (κ2) is 6.09. The quantitative estimate of drug-likeness (QED) is 0.874. The van der Waals surface area contributed by atoms with Crippen molar-refractivity contribution in [2.24, 2.45) is 0 Å². The molecule has 0 aliphatic carbocycles. The van der Waals surface area contributed by atoms with Crippen molar-refractivity contribution in [3.05, 3.63) is 39.9 Å². The van der Waals surface area contributed by atoms with E-state index in [2.05, 4.69) is 72.4 Å². The third-order valence-electron chi connectivity index (χ3n) is 2.07. The summed E-state index contributed by atoms with van der Waals surface area (Å²) in [7, 11) is 0. The topological polar surface area (TPSA) is 12.0 Å². The number of hydrogen-bond donors (Lipinski definition) is 1. The van der Waals surface area contributed by atoms with Crippen molar-refractivity contribution in [1.82, 2.24) is 5.32 Å². The molecule has 0 unspecified atom stereocenters. The molecule has 0 radical (unpaired) electrons. The molecule has 2 heteroatoms. The molecule has 0 atom stereocenters. The van der Waals surface area contributed by atoms with Crippen LogP contribution >= 0.6 is 15.9 Å². The Bertz CT molecular complexity index is 325. The maximum Gasteiger partial charge on any atom is 0.0175 e. The first-order valence-electron chi connectivity index (χ1n) is 5.24. The maximum absolute atomic E-state index is 3.43. The van der Waals surface area contributed by atoms with Crippen molar-refractivity contribution in [3.63, 3.8) is 0 Å². The van der Waals surface area contributed by atoms with Crippen molar-refractivity contribution < 1.29 is 0 Å². The molecule has 0 spiro atoms. The summed E-state index contributed by atoms with van der Waals surface area (Å²) >= 11 is 3.43. The first-order valence-corrected chi connectivity index (χ1v) is 6.03.